The van der Waals surface area contributed by atoms with Gasteiger partial charge in [-0.05, 0) is 52.2 Å². The van der Waals surface area contributed by atoms with Crippen LogP contribution in [0.3, 0.4) is 0 Å². The Bertz CT molecular complexity index is 400. The molecule has 4 heteroatoms. The van der Waals surface area contributed by atoms with Gasteiger partial charge in [-0.3, -0.25) is 0 Å². The predicted octanol–water partition coefficient (Wildman–Crippen LogP) is 2.81. The van der Waals surface area contributed by atoms with E-state index in [0.717, 1.165) is 5.82 Å². The first-order valence-corrected chi connectivity index (χ1v) is 6.20. The van der Waals surface area contributed by atoms with E-state index in [-0.39, 0.29) is 11.6 Å². The Morgan fingerprint density at radius 3 is 2.65 bits per heavy atom. The van der Waals surface area contributed by atoms with Gasteiger partial charge in [0.1, 0.15) is 5.82 Å². The van der Waals surface area contributed by atoms with Gasteiger partial charge < -0.3 is 15.8 Å². The van der Waals surface area contributed by atoms with E-state index in [0.29, 0.717) is 11.6 Å². The molecular formula is C13H21N3O. The molecular weight excluding hydrogens is 214 g/mol. The average Bonchev–Trinajstić information content (AvgIpc) is 2.20. The van der Waals surface area contributed by atoms with Crippen LogP contribution in [-0.2, 0) is 0 Å². The molecule has 94 valence electrons. The van der Waals surface area contributed by atoms with Crippen LogP contribution < -0.4 is 15.8 Å². The Labute approximate surface area is 103 Å². The Balaban J connectivity index is 2.12. The first-order chi connectivity index (χ1) is 7.98. The Hall–Kier alpha value is -1.45. The number of anilines is 2. The fraction of sp³-hybridized carbons (Fsp3) is 0.615. The number of rotatable bonds is 4. The zero-order valence-electron chi connectivity index (χ0n) is 10.8. The van der Waals surface area contributed by atoms with Crippen LogP contribution in [-0.4, -0.2) is 16.6 Å². The zero-order valence-corrected chi connectivity index (χ0v) is 10.8. The molecule has 1 heterocycles. The molecule has 0 amide bonds. The van der Waals surface area contributed by atoms with Crippen molar-refractivity contribution in [3.05, 3.63) is 12.1 Å². The minimum absolute atomic E-state index is 0.0827. The number of nitrogens with zero attached hydrogens (tertiary/aromatic N) is 1. The molecule has 4 nitrogen and oxygen atoms in total. The highest BCUT2D eigenvalue weighted by Gasteiger charge is 2.31. The number of hydrogen-bond donors (Lipinski definition) is 2. The molecule has 0 saturated heterocycles. The second kappa shape index (κ2) is 4.43. The molecule has 0 bridgehead atoms. The number of nitrogen functional groups attached to an aromatic ring is 1. The van der Waals surface area contributed by atoms with E-state index in [1.807, 2.05) is 26.0 Å². The molecule has 17 heavy (non-hydrogen) atoms. The van der Waals surface area contributed by atoms with Gasteiger partial charge >= 0.3 is 0 Å². The monoisotopic (exact) mass is 235 g/mol. The topological polar surface area (TPSA) is 60.2 Å². The lowest BCUT2D eigenvalue weighted by Gasteiger charge is -2.39. The zero-order chi connectivity index (χ0) is 12.5. The molecule has 0 spiro atoms. The molecule has 3 N–H and O–H groups in total. The summed E-state index contributed by atoms with van der Waals surface area (Å²) in [6, 6.07) is 3.75. The number of nitrogens with two attached hydrogens (primary N) is 1. The second-order valence-electron chi connectivity index (χ2n) is 5.30. The minimum Gasteiger partial charge on any atom is -0.473 e. The molecule has 1 fully saturated rings. The molecule has 1 aliphatic carbocycles. The number of nitrogens with one attached hydrogen (secondary N) is 1. The molecule has 0 aliphatic heterocycles. The molecule has 2 rings (SSSR count). The Morgan fingerprint density at radius 2 is 2.12 bits per heavy atom. The van der Waals surface area contributed by atoms with Crippen LogP contribution in [0.25, 0.3) is 0 Å². The number of aromatic nitrogens is 1. The number of pyridine rings is 1. The fourth-order valence-corrected chi connectivity index (χ4v) is 1.98. The van der Waals surface area contributed by atoms with Crippen molar-refractivity contribution < 1.29 is 4.74 Å². The summed E-state index contributed by atoms with van der Waals surface area (Å²) in [7, 11) is 0. The molecule has 1 aromatic heterocycles. The first kappa shape index (κ1) is 12.0. The minimum atomic E-state index is 0.0827. The van der Waals surface area contributed by atoms with Gasteiger partial charge in [0.25, 0.3) is 0 Å². The van der Waals surface area contributed by atoms with Crippen molar-refractivity contribution in [2.24, 2.45) is 0 Å². The van der Waals surface area contributed by atoms with Gasteiger partial charge in [0, 0.05) is 5.54 Å². The Morgan fingerprint density at radius 1 is 1.41 bits per heavy atom. The SMILES string of the molecule is CC(C)Oc1nc(NC2(C)CCC2)ccc1N. The maximum absolute atomic E-state index is 5.83. The maximum atomic E-state index is 5.83. The fourth-order valence-electron chi connectivity index (χ4n) is 1.98. The summed E-state index contributed by atoms with van der Waals surface area (Å²) in [6.45, 7) is 6.15. The van der Waals surface area contributed by atoms with Gasteiger partial charge in [-0.1, -0.05) is 0 Å². The van der Waals surface area contributed by atoms with E-state index in [2.05, 4.69) is 17.2 Å². The highest BCUT2D eigenvalue weighted by Crippen LogP contribution is 2.35. The van der Waals surface area contributed by atoms with Crippen LogP contribution in [0.1, 0.15) is 40.0 Å². The summed E-state index contributed by atoms with van der Waals surface area (Å²) in [6.07, 6.45) is 3.76. The van der Waals surface area contributed by atoms with E-state index in [1.165, 1.54) is 19.3 Å². The smallest absolute Gasteiger partial charge is 0.239 e. The molecule has 1 aromatic rings. The van der Waals surface area contributed by atoms with Crippen molar-refractivity contribution in [1.29, 1.82) is 0 Å². The molecule has 1 saturated carbocycles. The summed E-state index contributed by atoms with van der Waals surface area (Å²) in [5.41, 5.74) is 6.61. The lowest BCUT2D eigenvalue weighted by molar-refractivity contribution is 0.234. The third kappa shape index (κ3) is 2.81. The van der Waals surface area contributed by atoms with Gasteiger partial charge in [0.05, 0.1) is 11.8 Å². The first-order valence-electron chi connectivity index (χ1n) is 6.20. The van der Waals surface area contributed by atoms with Gasteiger partial charge in [-0.2, -0.15) is 4.98 Å². The maximum Gasteiger partial charge on any atom is 0.239 e. The highest BCUT2D eigenvalue weighted by atomic mass is 16.5. The van der Waals surface area contributed by atoms with E-state index in [1.54, 1.807) is 0 Å². The van der Waals surface area contributed by atoms with Crippen molar-refractivity contribution in [3.63, 3.8) is 0 Å². The molecule has 0 radical (unpaired) electrons. The number of hydrogen-bond acceptors (Lipinski definition) is 4. The van der Waals surface area contributed by atoms with Crippen LogP contribution in [0.4, 0.5) is 11.5 Å². The molecule has 1 aliphatic rings. The van der Waals surface area contributed by atoms with Crippen LogP contribution >= 0.6 is 0 Å². The average molecular weight is 235 g/mol. The lowest BCUT2D eigenvalue weighted by atomic mass is 9.78. The highest BCUT2D eigenvalue weighted by molar-refractivity contribution is 5.54. The van der Waals surface area contributed by atoms with Crippen LogP contribution in [0.2, 0.25) is 0 Å². The van der Waals surface area contributed by atoms with Crippen molar-refractivity contribution >= 4 is 11.5 Å². The van der Waals surface area contributed by atoms with Gasteiger partial charge in [0.15, 0.2) is 0 Å². The van der Waals surface area contributed by atoms with Gasteiger partial charge in [0.2, 0.25) is 5.88 Å². The number of ether oxygens (including phenoxy) is 1. The quantitative estimate of drug-likeness (QED) is 0.842. The molecule has 0 unspecified atom stereocenters. The van der Waals surface area contributed by atoms with Crippen LogP contribution in [0.5, 0.6) is 5.88 Å². The van der Waals surface area contributed by atoms with E-state index in [9.17, 15) is 0 Å². The largest absolute Gasteiger partial charge is 0.473 e. The normalized spacial score (nSPS) is 17.6. The van der Waals surface area contributed by atoms with Crippen molar-refractivity contribution in [2.75, 3.05) is 11.1 Å². The summed E-state index contributed by atoms with van der Waals surface area (Å²) >= 11 is 0. The lowest BCUT2D eigenvalue weighted by Crippen LogP contribution is -2.41. The molecule has 0 atom stereocenters. The Kier molecular flexibility index (Phi) is 3.13. The van der Waals surface area contributed by atoms with E-state index < -0.39 is 0 Å². The standard InChI is InChI=1S/C13H21N3O/c1-9(2)17-12-10(14)5-6-11(15-12)16-13(3)7-4-8-13/h5-6,9H,4,7-8,14H2,1-3H3,(H,15,16). The van der Waals surface area contributed by atoms with E-state index >= 15 is 0 Å². The second-order valence-corrected chi connectivity index (χ2v) is 5.30. The van der Waals surface area contributed by atoms with Gasteiger partial charge in [-0.25, -0.2) is 0 Å². The third-order valence-corrected chi connectivity index (χ3v) is 3.12. The van der Waals surface area contributed by atoms with E-state index in [4.69, 9.17) is 10.5 Å². The third-order valence-electron chi connectivity index (χ3n) is 3.12. The van der Waals surface area contributed by atoms with Crippen molar-refractivity contribution in [3.8, 4) is 5.88 Å². The van der Waals surface area contributed by atoms with Crippen LogP contribution in [0.15, 0.2) is 12.1 Å². The summed E-state index contributed by atoms with van der Waals surface area (Å²) in [5, 5.41) is 3.45. The summed E-state index contributed by atoms with van der Waals surface area (Å²) in [5.74, 6) is 1.37. The van der Waals surface area contributed by atoms with Crippen LogP contribution in [0, 0.1) is 0 Å². The van der Waals surface area contributed by atoms with Crippen molar-refractivity contribution in [1.82, 2.24) is 4.98 Å². The molecule has 0 aromatic carbocycles. The summed E-state index contributed by atoms with van der Waals surface area (Å²) < 4.78 is 5.58. The van der Waals surface area contributed by atoms with Gasteiger partial charge in [-0.15, -0.1) is 0 Å². The predicted molar refractivity (Wildman–Crippen MR) is 70.3 cm³/mol. The summed E-state index contributed by atoms with van der Waals surface area (Å²) in [4.78, 5) is 4.42. The van der Waals surface area contributed by atoms with Crippen molar-refractivity contribution in [2.45, 2.75) is 51.7 Å².